The summed E-state index contributed by atoms with van der Waals surface area (Å²) in [6.45, 7) is 13.6. The third-order valence-electron chi connectivity index (χ3n) is 7.51. The van der Waals surface area contributed by atoms with Gasteiger partial charge in [-0.1, -0.05) is 121 Å². The molecule has 0 unspecified atom stereocenters. The van der Waals surface area contributed by atoms with Crippen LogP contribution >= 0.6 is 0 Å². The van der Waals surface area contributed by atoms with Crippen molar-refractivity contribution in [1.82, 2.24) is 0 Å². The molecule has 0 aromatic heterocycles. The first-order valence-corrected chi connectivity index (χ1v) is 17.0. The Kier molecular flexibility index (Phi) is 18.5. The summed E-state index contributed by atoms with van der Waals surface area (Å²) in [5.74, 6) is -1.07. The highest BCUT2D eigenvalue weighted by Crippen LogP contribution is 2.38. The van der Waals surface area contributed by atoms with Gasteiger partial charge in [0.25, 0.3) is 0 Å². The van der Waals surface area contributed by atoms with Gasteiger partial charge in [-0.15, -0.1) is 0 Å². The van der Waals surface area contributed by atoms with E-state index < -0.39 is 28.6 Å². The Morgan fingerprint density at radius 1 is 0.581 bits per heavy atom. The Morgan fingerprint density at radius 2 is 1.00 bits per heavy atom. The lowest BCUT2D eigenvalue weighted by molar-refractivity contribution is -0.187. The summed E-state index contributed by atoms with van der Waals surface area (Å²) in [5.41, 5.74) is -1.67. The molecular formula is C37H62O6. The van der Waals surface area contributed by atoms with E-state index in [9.17, 15) is 14.4 Å². The standard InChI is InChI=1S/C37H62O6/c1-8-9-10-11-12-14-17-23-28-37(33(39)42-35(2,3)4,34(40)43-36(5,6)7)29-24-18-15-13-16-22-27-32(38)41-30-31-25-20-19-21-26-31/h19-21,25-26H,8-18,22-24,27-30H2,1-7H3. The largest absolute Gasteiger partial charge is 0.461 e. The van der Waals surface area contributed by atoms with Crippen molar-refractivity contribution >= 4 is 17.9 Å². The molecule has 6 nitrogen and oxygen atoms in total. The molecule has 246 valence electrons. The van der Waals surface area contributed by atoms with Gasteiger partial charge in [0.1, 0.15) is 17.8 Å². The summed E-state index contributed by atoms with van der Waals surface area (Å²) in [5, 5.41) is 0. The molecule has 0 amide bonds. The van der Waals surface area contributed by atoms with Gasteiger partial charge in [-0.25, -0.2) is 0 Å². The topological polar surface area (TPSA) is 78.9 Å². The number of carbonyl (C=O) groups excluding carboxylic acids is 3. The molecule has 0 aliphatic rings. The highest BCUT2D eigenvalue weighted by Gasteiger charge is 2.50. The normalized spacial score (nSPS) is 12.2. The highest BCUT2D eigenvalue weighted by molar-refractivity contribution is 6.00. The zero-order valence-electron chi connectivity index (χ0n) is 28.6. The van der Waals surface area contributed by atoms with Crippen LogP contribution in [-0.4, -0.2) is 29.1 Å². The summed E-state index contributed by atoms with van der Waals surface area (Å²) in [4.78, 5) is 39.4. The lowest BCUT2D eigenvalue weighted by Crippen LogP contribution is -2.46. The van der Waals surface area contributed by atoms with Crippen LogP contribution < -0.4 is 0 Å². The number of hydrogen-bond acceptors (Lipinski definition) is 6. The van der Waals surface area contributed by atoms with Crippen LogP contribution in [0.4, 0.5) is 0 Å². The van der Waals surface area contributed by atoms with E-state index in [0.717, 1.165) is 63.4 Å². The first-order valence-electron chi connectivity index (χ1n) is 17.0. The van der Waals surface area contributed by atoms with Crippen molar-refractivity contribution in [2.45, 2.75) is 175 Å². The molecule has 0 aliphatic heterocycles. The lowest BCUT2D eigenvalue weighted by atomic mass is 9.77. The van der Waals surface area contributed by atoms with E-state index in [1.54, 1.807) is 0 Å². The van der Waals surface area contributed by atoms with Gasteiger partial charge in [0.15, 0.2) is 5.41 Å². The number of ether oxygens (including phenoxy) is 3. The van der Waals surface area contributed by atoms with Crippen LogP contribution in [-0.2, 0) is 35.2 Å². The van der Waals surface area contributed by atoms with Gasteiger partial charge in [0.2, 0.25) is 0 Å². The van der Waals surface area contributed by atoms with Crippen LogP contribution in [0.15, 0.2) is 30.3 Å². The van der Waals surface area contributed by atoms with Gasteiger partial charge in [-0.05, 0) is 66.4 Å². The van der Waals surface area contributed by atoms with E-state index in [1.165, 1.54) is 32.1 Å². The fraction of sp³-hybridized carbons (Fsp3) is 0.757. The average molecular weight is 603 g/mol. The number of benzene rings is 1. The lowest BCUT2D eigenvalue weighted by Gasteiger charge is -2.35. The third kappa shape index (κ3) is 18.1. The monoisotopic (exact) mass is 602 g/mol. The number of unbranched alkanes of at least 4 members (excludes halogenated alkanes) is 12. The molecule has 0 radical (unpaired) electrons. The summed E-state index contributed by atoms with van der Waals surface area (Å²) >= 11 is 0. The van der Waals surface area contributed by atoms with Gasteiger partial charge < -0.3 is 14.2 Å². The molecule has 0 saturated carbocycles. The Morgan fingerprint density at radius 3 is 1.44 bits per heavy atom. The maximum atomic E-state index is 13.7. The summed E-state index contributed by atoms with van der Waals surface area (Å²) in [6, 6.07) is 9.71. The molecular weight excluding hydrogens is 540 g/mol. The van der Waals surface area contributed by atoms with Gasteiger partial charge in [0, 0.05) is 6.42 Å². The first kappa shape index (κ1) is 38.7. The van der Waals surface area contributed by atoms with E-state index in [4.69, 9.17) is 14.2 Å². The van der Waals surface area contributed by atoms with E-state index in [2.05, 4.69) is 6.92 Å². The Balaban J connectivity index is 2.64. The third-order valence-corrected chi connectivity index (χ3v) is 7.51. The minimum atomic E-state index is -1.29. The molecule has 0 heterocycles. The molecule has 0 spiro atoms. The molecule has 0 atom stereocenters. The fourth-order valence-electron chi connectivity index (χ4n) is 5.14. The van der Waals surface area contributed by atoms with Crippen LogP contribution in [0.25, 0.3) is 0 Å². The second-order valence-corrected chi connectivity index (χ2v) is 14.1. The van der Waals surface area contributed by atoms with Crippen molar-refractivity contribution in [2.75, 3.05) is 0 Å². The van der Waals surface area contributed by atoms with E-state index in [1.807, 2.05) is 71.9 Å². The van der Waals surface area contributed by atoms with Gasteiger partial charge >= 0.3 is 17.9 Å². The quantitative estimate of drug-likeness (QED) is 0.0569. The zero-order valence-corrected chi connectivity index (χ0v) is 28.6. The van der Waals surface area contributed by atoms with Crippen LogP contribution in [0, 0.1) is 5.41 Å². The summed E-state index contributed by atoms with van der Waals surface area (Å²) in [7, 11) is 0. The van der Waals surface area contributed by atoms with Crippen molar-refractivity contribution < 1.29 is 28.6 Å². The smallest absolute Gasteiger partial charge is 0.324 e. The van der Waals surface area contributed by atoms with E-state index >= 15 is 0 Å². The Bertz CT molecular complexity index is 881. The van der Waals surface area contributed by atoms with Crippen molar-refractivity contribution in [1.29, 1.82) is 0 Å². The van der Waals surface area contributed by atoms with Gasteiger partial charge in [-0.3, -0.25) is 14.4 Å². The van der Waals surface area contributed by atoms with Gasteiger partial charge in [0.05, 0.1) is 0 Å². The van der Waals surface area contributed by atoms with Crippen LogP contribution in [0.2, 0.25) is 0 Å². The van der Waals surface area contributed by atoms with E-state index in [-0.39, 0.29) is 5.97 Å². The molecule has 0 saturated heterocycles. The molecule has 1 aromatic carbocycles. The summed E-state index contributed by atoms with van der Waals surface area (Å²) in [6.07, 6.45) is 15.8. The minimum Gasteiger partial charge on any atom is -0.461 e. The van der Waals surface area contributed by atoms with Crippen molar-refractivity contribution in [2.24, 2.45) is 5.41 Å². The van der Waals surface area contributed by atoms with Crippen molar-refractivity contribution in [3.63, 3.8) is 0 Å². The number of esters is 3. The number of hydrogen-bond donors (Lipinski definition) is 0. The fourth-order valence-corrected chi connectivity index (χ4v) is 5.14. The van der Waals surface area contributed by atoms with Crippen molar-refractivity contribution in [3.05, 3.63) is 35.9 Å². The summed E-state index contributed by atoms with van der Waals surface area (Å²) < 4.78 is 17.1. The molecule has 0 fully saturated rings. The molecule has 0 aliphatic carbocycles. The predicted octanol–water partition coefficient (Wildman–Crippen LogP) is 10.1. The zero-order chi connectivity index (χ0) is 32.2. The van der Waals surface area contributed by atoms with E-state index in [0.29, 0.717) is 25.9 Å². The van der Waals surface area contributed by atoms with Gasteiger partial charge in [-0.2, -0.15) is 0 Å². The van der Waals surface area contributed by atoms with Crippen LogP contribution in [0.1, 0.15) is 163 Å². The molecule has 0 N–H and O–H groups in total. The first-order chi connectivity index (χ1) is 20.3. The Hall–Kier alpha value is -2.37. The molecule has 43 heavy (non-hydrogen) atoms. The molecule has 1 aromatic rings. The number of carbonyl (C=O) groups is 3. The Labute approximate surface area is 263 Å². The van der Waals surface area contributed by atoms with Crippen molar-refractivity contribution in [3.8, 4) is 0 Å². The second-order valence-electron chi connectivity index (χ2n) is 14.1. The molecule has 6 heteroatoms. The maximum Gasteiger partial charge on any atom is 0.324 e. The number of rotatable bonds is 22. The highest BCUT2D eigenvalue weighted by atomic mass is 16.6. The van der Waals surface area contributed by atoms with Crippen LogP contribution in [0.3, 0.4) is 0 Å². The predicted molar refractivity (Wildman–Crippen MR) is 175 cm³/mol. The maximum absolute atomic E-state index is 13.7. The minimum absolute atomic E-state index is 0.163. The molecule has 0 bridgehead atoms. The molecule has 1 rings (SSSR count). The second kappa shape index (κ2) is 20.6. The average Bonchev–Trinajstić information content (AvgIpc) is 2.92. The SMILES string of the molecule is CCCCCCCCCCC(CCCCCCCCC(=O)OCc1ccccc1)(C(=O)OC(C)(C)C)C(=O)OC(C)(C)C. The van der Waals surface area contributed by atoms with Crippen LogP contribution in [0.5, 0.6) is 0 Å².